The maximum atomic E-state index is 12.5. The molecule has 0 spiro atoms. The summed E-state index contributed by atoms with van der Waals surface area (Å²) in [6, 6.07) is 1.17. The van der Waals surface area contributed by atoms with E-state index in [0.29, 0.717) is 0 Å². The predicted octanol–water partition coefficient (Wildman–Crippen LogP) is 4.28. The summed E-state index contributed by atoms with van der Waals surface area (Å²) in [7, 11) is 0. The highest BCUT2D eigenvalue weighted by Crippen LogP contribution is 2.37. The second-order valence-electron chi connectivity index (χ2n) is 2.49. The number of alkyl halides is 5. The van der Waals surface area contributed by atoms with Gasteiger partial charge in [0.15, 0.2) is 0 Å². The van der Waals surface area contributed by atoms with Crippen LogP contribution in [0.2, 0.25) is 0 Å². The smallest absolute Gasteiger partial charge is 0.387 e. The molecule has 1 heterocycles. The predicted molar refractivity (Wildman–Crippen MR) is 56.3 cm³/mol. The second kappa shape index (κ2) is 4.98. The summed E-state index contributed by atoms with van der Waals surface area (Å²) in [5.74, 6) is -1.14. The Bertz CT molecular complexity index is 397. The molecule has 0 saturated carbocycles. The number of ether oxygens (including phenoxy) is 1. The van der Waals surface area contributed by atoms with Gasteiger partial charge in [0.25, 0.3) is 6.43 Å². The quantitative estimate of drug-likeness (QED) is 0.407. The third kappa shape index (κ3) is 3.68. The topological polar surface area (TPSA) is 22.1 Å². The molecule has 0 atom stereocenters. The zero-order chi connectivity index (χ0) is 12.5. The second-order valence-corrected chi connectivity index (χ2v) is 4.45. The molecule has 2 nitrogen and oxygen atoms in total. The molecule has 0 aliphatic heterocycles. The van der Waals surface area contributed by atoms with Crippen molar-refractivity contribution in [1.29, 1.82) is 0 Å². The van der Waals surface area contributed by atoms with Gasteiger partial charge in [-0.1, -0.05) is 15.9 Å². The van der Waals surface area contributed by atoms with E-state index >= 15 is 0 Å². The first-order valence-electron chi connectivity index (χ1n) is 3.60. The molecule has 0 saturated heterocycles. The van der Waals surface area contributed by atoms with Crippen LogP contribution in [0.15, 0.2) is 10.5 Å². The number of halogens is 7. The Morgan fingerprint density at radius 1 is 1.38 bits per heavy atom. The van der Waals surface area contributed by atoms with Crippen LogP contribution >= 0.6 is 38.5 Å². The van der Waals surface area contributed by atoms with Gasteiger partial charge in [-0.2, -0.15) is 0 Å². The Balaban J connectivity index is 3.24. The molecule has 0 fully saturated rings. The van der Waals surface area contributed by atoms with Gasteiger partial charge in [-0.3, -0.25) is 0 Å². The maximum absolute atomic E-state index is 12.5. The van der Waals surface area contributed by atoms with Crippen LogP contribution in [0.25, 0.3) is 0 Å². The van der Waals surface area contributed by atoms with Crippen LogP contribution in [0.3, 0.4) is 0 Å². The third-order valence-corrected chi connectivity index (χ3v) is 2.58. The lowest BCUT2D eigenvalue weighted by molar-refractivity contribution is -0.276. The molecule has 1 aromatic heterocycles. The van der Waals surface area contributed by atoms with E-state index in [9.17, 15) is 22.0 Å². The van der Waals surface area contributed by atoms with Crippen LogP contribution < -0.4 is 4.74 Å². The molecule has 0 bridgehead atoms. The number of hydrogen-bond acceptors (Lipinski definition) is 2. The van der Waals surface area contributed by atoms with E-state index in [2.05, 4.69) is 25.7 Å². The molecule has 0 amide bonds. The number of hydrogen-bond donors (Lipinski definition) is 0. The summed E-state index contributed by atoms with van der Waals surface area (Å²) in [4.78, 5) is 3.28. The van der Waals surface area contributed by atoms with Crippen molar-refractivity contribution in [2.24, 2.45) is 0 Å². The number of aromatic nitrogens is 1. The lowest BCUT2D eigenvalue weighted by Gasteiger charge is -2.13. The Morgan fingerprint density at radius 2 is 1.94 bits per heavy atom. The fourth-order valence-corrected chi connectivity index (χ4v) is 2.38. The fourth-order valence-electron chi connectivity index (χ4n) is 0.859. The van der Waals surface area contributed by atoms with Crippen molar-refractivity contribution in [3.8, 4) is 5.88 Å². The van der Waals surface area contributed by atoms with Gasteiger partial charge >= 0.3 is 6.36 Å². The van der Waals surface area contributed by atoms with Crippen molar-refractivity contribution < 1.29 is 26.7 Å². The molecular weight excluding hydrogens is 416 g/mol. The zero-order valence-corrected chi connectivity index (χ0v) is 10.9. The molecule has 0 unspecified atom stereocenters. The minimum Gasteiger partial charge on any atom is -0.387 e. The summed E-state index contributed by atoms with van der Waals surface area (Å²) in [6.07, 6.45) is -8.17. The van der Waals surface area contributed by atoms with Crippen LogP contribution in [0.5, 0.6) is 5.88 Å². The van der Waals surface area contributed by atoms with E-state index in [1.807, 2.05) is 0 Å². The summed E-state index contributed by atoms with van der Waals surface area (Å²) in [5, 5.41) is 0. The summed E-state index contributed by atoms with van der Waals surface area (Å²) < 4.78 is 64.1. The molecule has 16 heavy (non-hydrogen) atoms. The van der Waals surface area contributed by atoms with Gasteiger partial charge in [-0.05, 0) is 28.7 Å². The Labute approximate surface area is 108 Å². The van der Waals surface area contributed by atoms with E-state index in [-0.39, 0.29) is 8.17 Å². The van der Waals surface area contributed by atoms with Crippen molar-refractivity contribution >= 4 is 38.5 Å². The van der Waals surface area contributed by atoms with E-state index in [0.717, 1.165) is 0 Å². The molecule has 0 aliphatic rings. The van der Waals surface area contributed by atoms with Crippen molar-refractivity contribution in [2.45, 2.75) is 12.8 Å². The number of rotatable bonds is 2. The normalized spacial score (nSPS) is 12.0. The Hall–Kier alpha value is -0.190. The fraction of sp³-hybridized carbons (Fsp3) is 0.286. The molecular formula is C7H2BrF5INO. The molecule has 1 aromatic rings. The van der Waals surface area contributed by atoms with Crippen molar-refractivity contribution in [3.63, 3.8) is 0 Å². The largest absolute Gasteiger partial charge is 0.574 e. The highest BCUT2D eigenvalue weighted by atomic mass is 127. The van der Waals surface area contributed by atoms with Gasteiger partial charge in [0.05, 0.1) is 5.56 Å². The average molecular weight is 418 g/mol. The molecule has 1 rings (SSSR count). The van der Waals surface area contributed by atoms with E-state index in [1.165, 1.54) is 6.07 Å². The van der Waals surface area contributed by atoms with Gasteiger partial charge in [0.2, 0.25) is 5.88 Å². The first-order chi connectivity index (χ1) is 7.20. The van der Waals surface area contributed by atoms with Crippen LogP contribution in [0.4, 0.5) is 22.0 Å². The molecule has 0 radical (unpaired) electrons. The zero-order valence-electron chi connectivity index (χ0n) is 7.16. The first kappa shape index (κ1) is 13.9. The lowest BCUT2D eigenvalue weighted by Crippen LogP contribution is -2.19. The first-order valence-corrected chi connectivity index (χ1v) is 5.47. The number of pyridine rings is 1. The van der Waals surface area contributed by atoms with Crippen LogP contribution in [0, 0.1) is 3.70 Å². The maximum Gasteiger partial charge on any atom is 0.574 e. The van der Waals surface area contributed by atoms with E-state index in [1.54, 1.807) is 22.6 Å². The number of nitrogens with zero attached hydrogens (tertiary/aromatic N) is 1. The highest BCUT2D eigenvalue weighted by Gasteiger charge is 2.35. The van der Waals surface area contributed by atoms with E-state index in [4.69, 9.17) is 0 Å². The van der Waals surface area contributed by atoms with Gasteiger partial charge < -0.3 is 4.74 Å². The van der Waals surface area contributed by atoms with Crippen molar-refractivity contribution in [2.75, 3.05) is 0 Å². The lowest BCUT2D eigenvalue weighted by atomic mass is 10.3. The molecule has 0 N–H and O–H groups in total. The van der Waals surface area contributed by atoms with Gasteiger partial charge in [-0.25, -0.2) is 13.8 Å². The van der Waals surface area contributed by atoms with Crippen LogP contribution in [0.1, 0.15) is 12.0 Å². The van der Waals surface area contributed by atoms with Crippen molar-refractivity contribution in [1.82, 2.24) is 4.98 Å². The minimum absolute atomic E-state index is 0.105. The summed E-state index contributed by atoms with van der Waals surface area (Å²) in [6.45, 7) is 0. The van der Waals surface area contributed by atoms with Crippen molar-refractivity contribution in [3.05, 3.63) is 19.8 Å². The third-order valence-electron chi connectivity index (χ3n) is 1.37. The highest BCUT2D eigenvalue weighted by molar-refractivity contribution is 14.1. The summed E-state index contributed by atoms with van der Waals surface area (Å²) >= 11 is 4.32. The monoisotopic (exact) mass is 417 g/mol. The van der Waals surface area contributed by atoms with Crippen LogP contribution in [-0.2, 0) is 0 Å². The molecule has 0 aliphatic carbocycles. The summed E-state index contributed by atoms with van der Waals surface area (Å²) in [5.41, 5.74) is -0.919. The van der Waals surface area contributed by atoms with Gasteiger partial charge in [-0.15, -0.1) is 13.2 Å². The SMILES string of the molecule is FC(F)c1c(Br)cc(I)nc1OC(F)(F)F. The molecule has 90 valence electrons. The van der Waals surface area contributed by atoms with Gasteiger partial charge in [0.1, 0.15) is 3.70 Å². The molecule has 0 aromatic carbocycles. The Morgan fingerprint density at radius 3 is 2.38 bits per heavy atom. The van der Waals surface area contributed by atoms with Crippen LogP contribution in [-0.4, -0.2) is 11.3 Å². The molecule has 9 heteroatoms. The average Bonchev–Trinajstić information content (AvgIpc) is 1.96. The van der Waals surface area contributed by atoms with Gasteiger partial charge in [0, 0.05) is 4.47 Å². The van der Waals surface area contributed by atoms with E-state index < -0.39 is 24.2 Å². The standard InChI is InChI=1S/C7H2BrF5INO/c8-2-1-3(14)15-6(4(2)5(9)10)16-7(11,12)13/h1,5H. The minimum atomic E-state index is -5.06. The Kier molecular flexibility index (Phi) is 4.32.